The zero-order valence-corrected chi connectivity index (χ0v) is 14.1. The SMILES string of the molecule is O=C(NC1CCCC2CNNC21)c1c[nH]c(=S)n1-c1ccccc1. The molecule has 4 N–H and O–H groups in total. The van der Waals surface area contributed by atoms with Crippen LogP contribution in [0, 0.1) is 10.7 Å². The second kappa shape index (κ2) is 6.51. The molecule has 0 spiro atoms. The Balaban J connectivity index is 1.58. The molecule has 3 atom stereocenters. The second-order valence-corrected chi connectivity index (χ2v) is 6.86. The summed E-state index contributed by atoms with van der Waals surface area (Å²) >= 11 is 5.36. The summed E-state index contributed by atoms with van der Waals surface area (Å²) in [5, 5.41) is 3.20. The van der Waals surface area contributed by atoms with Crippen molar-refractivity contribution in [3.8, 4) is 5.69 Å². The molecule has 24 heavy (non-hydrogen) atoms. The van der Waals surface area contributed by atoms with Crippen LogP contribution in [0.5, 0.6) is 0 Å². The minimum atomic E-state index is -0.0921. The van der Waals surface area contributed by atoms with Crippen LogP contribution in [0.25, 0.3) is 5.69 Å². The van der Waals surface area contributed by atoms with Gasteiger partial charge in [0.2, 0.25) is 0 Å². The molecule has 2 fully saturated rings. The molecule has 1 aromatic carbocycles. The van der Waals surface area contributed by atoms with Crippen LogP contribution >= 0.6 is 12.2 Å². The third-order valence-corrected chi connectivity index (χ3v) is 5.30. The maximum absolute atomic E-state index is 12.9. The van der Waals surface area contributed by atoms with Gasteiger partial charge in [0.1, 0.15) is 5.69 Å². The molecule has 126 valence electrons. The van der Waals surface area contributed by atoms with E-state index in [1.165, 1.54) is 6.42 Å². The number of aromatic amines is 1. The van der Waals surface area contributed by atoms with Crippen molar-refractivity contribution < 1.29 is 4.79 Å². The summed E-state index contributed by atoms with van der Waals surface area (Å²) in [6.07, 6.45) is 5.04. The van der Waals surface area contributed by atoms with E-state index in [2.05, 4.69) is 21.2 Å². The smallest absolute Gasteiger partial charge is 0.270 e. The third kappa shape index (κ3) is 2.79. The van der Waals surface area contributed by atoms with Gasteiger partial charge in [0.05, 0.1) is 0 Å². The predicted octanol–water partition coefficient (Wildman–Crippen LogP) is 1.91. The minimum Gasteiger partial charge on any atom is -0.346 e. The van der Waals surface area contributed by atoms with Gasteiger partial charge in [0.15, 0.2) is 4.77 Å². The first-order valence-corrected chi connectivity index (χ1v) is 8.80. The molecule has 4 rings (SSSR count). The summed E-state index contributed by atoms with van der Waals surface area (Å²) in [6.45, 7) is 0.974. The van der Waals surface area contributed by atoms with Crippen LogP contribution in [0.2, 0.25) is 0 Å². The Hall–Kier alpha value is -1.96. The van der Waals surface area contributed by atoms with Crippen LogP contribution in [-0.4, -0.2) is 34.1 Å². The van der Waals surface area contributed by atoms with Crippen LogP contribution in [0.15, 0.2) is 36.5 Å². The lowest BCUT2D eigenvalue weighted by atomic mass is 9.82. The lowest BCUT2D eigenvalue weighted by Gasteiger charge is -2.33. The summed E-state index contributed by atoms with van der Waals surface area (Å²) in [5.41, 5.74) is 7.96. The first kappa shape index (κ1) is 15.6. The fourth-order valence-corrected chi connectivity index (χ4v) is 4.08. The molecule has 2 aromatic rings. The van der Waals surface area contributed by atoms with Gasteiger partial charge in [-0.1, -0.05) is 24.6 Å². The molecule has 1 amide bonds. The van der Waals surface area contributed by atoms with Gasteiger partial charge in [0.25, 0.3) is 5.91 Å². The van der Waals surface area contributed by atoms with Gasteiger partial charge in [-0.3, -0.25) is 20.2 Å². The molecule has 0 radical (unpaired) electrons. The monoisotopic (exact) mass is 343 g/mol. The number of benzene rings is 1. The van der Waals surface area contributed by atoms with Gasteiger partial charge in [-0.25, -0.2) is 0 Å². The fraction of sp³-hybridized carbons (Fsp3) is 0.412. The van der Waals surface area contributed by atoms with E-state index in [0.717, 1.165) is 25.1 Å². The van der Waals surface area contributed by atoms with Crippen LogP contribution < -0.4 is 16.2 Å². The van der Waals surface area contributed by atoms with Gasteiger partial charge in [-0.05, 0) is 43.1 Å². The van der Waals surface area contributed by atoms with Crippen molar-refractivity contribution in [3.05, 3.63) is 47.0 Å². The van der Waals surface area contributed by atoms with Crippen molar-refractivity contribution in [1.29, 1.82) is 0 Å². The number of carbonyl (C=O) groups excluding carboxylic acids is 1. The van der Waals surface area contributed by atoms with Gasteiger partial charge in [-0.15, -0.1) is 0 Å². The summed E-state index contributed by atoms with van der Waals surface area (Å²) in [7, 11) is 0. The molecule has 1 saturated carbocycles. The third-order valence-electron chi connectivity index (χ3n) is 5.00. The summed E-state index contributed by atoms with van der Waals surface area (Å²) in [5.74, 6) is 0.497. The molecule has 1 saturated heterocycles. The number of hydrogen-bond donors (Lipinski definition) is 4. The topological polar surface area (TPSA) is 73.9 Å². The average molecular weight is 343 g/mol. The number of H-pyrrole nitrogens is 1. The molecule has 0 bridgehead atoms. The van der Waals surface area contributed by atoms with E-state index in [-0.39, 0.29) is 11.9 Å². The van der Waals surface area contributed by atoms with Crippen LogP contribution in [0.3, 0.4) is 0 Å². The molecular weight excluding hydrogens is 322 g/mol. The van der Waals surface area contributed by atoms with Crippen LogP contribution in [0.4, 0.5) is 0 Å². The Bertz CT molecular complexity index is 784. The van der Waals surface area contributed by atoms with E-state index in [9.17, 15) is 4.79 Å². The van der Waals surface area contributed by atoms with Crippen molar-refractivity contribution >= 4 is 18.1 Å². The minimum absolute atomic E-state index is 0.0921. The highest BCUT2D eigenvalue weighted by Crippen LogP contribution is 2.27. The Labute approximate surface area is 145 Å². The van der Waals surface area contributed by atoms with Gasteiger partial charge in [0, 0.05) is 30.5 Å². The van der Waals surface area contributed by atoms with E-state index in [0.29, 0.717) is 22.4 Å². The average Bonchev–Trinajstić information content (AvgIpc) is 3.22. The molecule has 1 aliphatic heterocycles. The van der Waals surface area contributed by atoms with Crippen molar-refractivity contribution in [2.45, 2.75) is 31.3 Å². The molecule has 6 nitrogen and oxygen atoms in total. The first-order chi connectivity index (χ1) is 11.7. The largest absolute Gasteiger partial charge is 0.346 e. The Morgan fingerprint density at radius 1 is 1.25 bits per heavy atom. The Morgan fingerprint density at radius 3 is 2.92 bits per heavy atom. The lowest BCUT2D eigenvalue weighted by Crippen LogP contribution is -2.53. The maximum Gasteiger partial charge on any atom is 0.270 e. The molecule has 1 aromatic heterocycles. The zero-order chi connectivity index (χ0) is 16.5. The number of aromatic nitrogens is 2. The van der Waals surface area contributed by atoms with E-state index >= 15 is 0 Å². The number of nitrogens with one attached hydrogen (secondary N) is 4. The van der Waals surface area contributed by atoms with Crippen LogP contribution in [0.1, 0.15) is 29.8 Å². The molecule has 3 unspecified atom stereocenters. The number of imidazole rings is 1. The van der Waals surface area contributed by atoms with Gasteiger partial charge >= 0.3 is 0 Å². The number of amides is 1. The normalized spacial score (nSPS) is 26.1. The van der Waals surface area contributed by atoms with E-state index in [1.807, 2.05) is 30.3 Å². The summed E-state index contributed by atoms with van der Waals surface area (Å²) < 4.78 is 2.30. The van der Waals surface area contributed by atoms with Crippen molar-refractivity contribution in [3.63, 3.8) is 0 Å². The Kier molecular flexibility index (Phi) is 4.22. The number of carbonyl (C=O) groups is 1. The fourth-order valence-electron chi connectivity index (χ4n) is 3.82. The number of fused-ring (bicyclic) bond motifs is 1. The van der Waals surface area contributed by atoms with Crippen LogP contribution in [-0.2, 0) is 0 Å². The van der Waals surface area contributed by atoms with Gasteiger partial charge < -0.3 is 10.3 Å². The molecular formula is C17H21N5OS. The highest BCUT2D eigenvalue weighted by molar-refractivity contribution is 7.71. The Morgan fingerprint density at radius 2 is 2.08 bits per heavy atom. The summed E-state index contributed by atoms with van der Waals surface area (Å²) in [4.78, 5) is 15.9. The van der Waals surface area contributed by atoms with Crippen molar-refractivity contribution in [2.24, 2.45) is 5.92 Å². The van der Waals surface area contributed by atoms with E-state index < -0.39 is 0 Å². The standard InChI is InChI=1S/C17H21N5OS/c23-16(20-13-8-4-5-11-9-19-21-15(11)13)14-10-18-17(24)22(14)12-6-2-1-3-7-12/h1-3,6-7,10-11,13,15,19,21H,4-5,8-9H2,(H,18,24)(H,20,23). The number of nitrogens with zero attached hydrogens (tertiary/aromatic N) is 1. The molecule has 2 aliphatic rings. The number of rotatable bonds is 3. The van der Waals surface area contributed by atoms with Crippen molar-refractivity contribution in [1.82, 2.24) is 25.7 Å². The molecule has 2 heterocycles. The zero-order valence-electron chi connectivity index (χ0n) is 13.3. The number of para-hydroxylation sites is 1. The highest BCUT2D eigenvalue weighted by atomic mass is 32.1. The highest BCUT2D eigenvalue weighted by Gasteiger charge is 2.37. The second-order valence-electron chi connectivity index (χ2n) is 6.47. The van der Waals surface area contributed by atoms with E-state index in [1.54, 1.807) is 10.8 Å². The quantitative estimate of drug-likeness (QED) is 0.643. The van der Waals surface area contributed by atoms with Gasteiger partial charge in [-0.2, -0.15) is 0 Å². The number of hydrogen-bond acceptors (Lipinski definition) is 4. The molecule has 1 aliphatic carbocycles. The van der Waals surface area contributed by atoms with E-state index in [4.69, 9.17) is 12.2 Å². The lowest BCUT2D eigenvalue weighted by molar-refractivity contribution is 0.0903. The predicted molar refractivity (Wildman–Crippen MR) is 94.5 cm³/mol. The summed E-state index contributed by atoms with van der Waals surface area (Å²) in [6, 6.07) is 10.1. The maximum atomic E-state index is 12.9. The number of hydrazine groups is 1. The molecule has 7 heteroatoms. The van der Waals surface area contributed by atoms with Crippen molar-refractivity contribution in [2.75, 3.05) is 6.54 Å². The first-order valence-electron chi connectivity index (χ1n) is 8.39.